The Labute approximate surface area is 115 Å². The lowest BCUT2D eigenvalue weighted by Crippen LogP contribution is -2.26. The fourth-order valence-electron chi connectivity index (χ4n) is 1.37. The van der Waals surface area contributed by atoms with Crippen molar-refractivity contribution < 1.29 is 18.0 Å². The molecule has 1 aromatic heterocycles. The third kappa shape index (κ3) is 6.58. The van der Waals surface area contributed by atoms with Crippen LogP contribution < -0.4 is 5.32 Å². The van der Waals surface area contributed by atoms with Gasteiger partial charge in [-0.05, 0) is 12.1 Å². The first-order chi connectivity index (χ1) is 8.99. The highest BCUT2D eigenvalue weighted by atomic mass is 32.2. The number of carbonyl (C=O) groups excluding carboxylic acids is 1. The number of nitrogens with one attached hydrogen (secondary N) is 1. The average molecular weight is 292 g/mol. The molecule has 0 aromatic carbocycles. The van der Waals surface area contributed by atoms with Crippen LogP contribution in [0.25, 0.3) is 0 Å². The van der Waals surface area contributed by atoms with E-state index in [0.717, 1.165) is 0 Å². The summed E-state index contributed by atoms with van der Waals surface area (Å²) in [5, 5.41) is 3.07. The van der Waals surface area contributed by atoms with E-state index in [1.54, 1.807) is 26.2 Å². The summed E-state index contributed by atoms with van der Waals surface area (Å²) in [4.78, 5) is 12.8. The van der Waals surface area contributed by atoms with Crippen LogP contribution in [0.1, 0.15) is 17.9 Å². The van der Waals surface area contributed by atoms with Crippen LogP contribution >= 0.6 is 11.8 Å². The Morgan fingerprint density at radius 1 is 1.42 bits per heavy atom. The molecule has 19 heavy (non-hydrogen) atoms. The molecule has 0 bridgehead atoms. The van der Waals surface area contributed by atoms with E-state index < -0.39 is 5.76 Å². The lowest BCUT2D eigenvalue weighted by molar-refractivity contribution is -0.128. The van der Waals surface area contributed by atoms with Gasteiger partial charge in [-0.3, -0.25) is 4.79 Å². The Hall–Kier alpha value is -1.08. The monoisotopic (exact) mass is 292 g/mol. The number of rotatable bonds is 8. The molecule has 0 aliphatic rings. The number of nitrogens with zero attached hydrogens (tertiary/aromatic N) is 1. The molecule has 0 atom stereocenters. The summed E-state index contributed by atoms with van der Waals surface area (Å²) in [7, 11) is 3.42. The molecular formula is C12H18F2N2O2S. The van der Waals surface area contributed by atoms with E-state index in [2.05, 4.69) is 5.32 Å². The highest BCUT2D eigenvalue weighted by molar-refractivity contribution is 7.98. The lowest BCUT2D eigenvalue weighted by Gasteiger charge is -2.09. The van der Waals surface area contributed by atoms with Crippen molar-refractivity contribution in [3.63, 3.8) is 0 Å². The molecule has 1 N–H and O–H groups in total. The van der Waals surface area contributed by atoms with Gasteiger partial charge >= 0.3 is 0 Å². The van der Waals surface area contributed by atoms with Crippen LogP contribution in [0.4, 0.5) is 8.78 Å². The second kappa shape index (κ2) is 8.16. The number of thioether (sulfide) groups is 1. The van der Waals surface area contributed by atoms with E-state index in [0.29, 0.717) is 42.8 Å². The highest BCUT2D eigenvalue weighted by Gasteiger charge is 2.07. The lowest BCUT2D eigenvalue weighted by atomic mass is 10.3. The van der Waals surface area contributed by atoms with Crippen LogP contribution in [0.3, 0.4) is 0 Å². The van der Waals surface area contributed by atoms with Gasteiger partial charge in [0.1, 0.15) is 11.5 Å². The van der Waals surface area contributed by atoms with Gasteiger partial charge in [0.2, 0.25) is 5.91 Å². The van der Waals surface area contributed by atoms with E-state index in [1.807, 2.05) is 0 Å². The van der Waals surface area contributed by atoms with Gasteiger partial charge in [0.15, 0.2) is 0 Å². The first kappa shape index (κ1) is 16.0. The van der Waals surface area contributed by atoms with Gasteiger partial charge in [-0.25, -0.2) is 0 Å². The fraction of sp³-hybridized carbons (Fsp3) is 0.583. The second-order valence-electron chi connectivity index (χ2n) is 4.15. The Balaban J connectivity index is 2.21. The van der Waals surface area contributed by atoms with E-state index >= 15 is 0 Å². The molecule has 4 nitrogen and oxygen atoms in total. The Morgan fingerprint density at radius 3 is 2.74 bits per heavy atom. The molecule has 1 amide bonds. The summed E-state index contributed by atoms with van der Waals surface area (Å²) >= 11 is 0.535. The molecule has 1 rings (SSSR count). The Morgan fingerprint density at radius 2 is 2.11 bits per heavy atom. The molecule has 0 unspecified atom stereocenters. The van der Waals surface area contributed by atoms with Crippen molar-refractivity contribution in [3.05, 3.63) is 23.7 Å². The normalized spacial score (nSPS) is 11.0. The summed E-state index contributed by atoms with van der Waals surface area (Å²) in [5.41, 5.74) is 0. The molecule has 0 fully saturated rings. The third-order valence-corrected chi connectivity index (χ3v) is 3.09. The van der Waals surface area contributed by atoms with E-state index in [9.17, 15) is 13.6 Å². The largest absolute Gasteiger partial charge is 0.464 e. The fourth-order valence-corrected chi connectivity index (χ4v) is 1.82. The molecule has 1 heterocycles. The van der Waals surface area contributed by atoms with Gasteiger partial charge < -0.3 is 14.6 Å². The van der Waals surface area contributed by atoms with Gasteiger partial charge in [0, 0.05) is 27.1 Å². The van der Waals surface area contributed by atoms with Gasteiger partial charge in [-0.1, -0.05) is 11.8 Å². The second-order valence-corrected chi connectivity index (χ2v) is 5.13. The Kier molecular flexibility index (Phi) is 6.86. The number of amides is 1. The van der Waals surface area contributed by atoms with Crippen LogP contribution in [0.2, 0.25) is 0 Å². The zero-order valence-electron chi connectivity index (χ0n) is 11.0. The predicted molar refractivity (Wildman–Crippen MR) is 71.0 cm³/mol. The molecule has 0 radical (unpaired) electrons. The first-order valence-corrected chi connectivity index (χ1v) is 6.92. The number of hydrogen-bond acceptors (Lipinski definition) is 4. The maximum atomic E-state index is 12.0. The Bertz CT molecular complexity index is 397. The predicted octanol–water partition coefficient (Wildman–Crippen LogP) is 2.30. The molecule has 0 saturated carbocycles. The summed E-state index contributed by atoms with van der Waals surface area (Å²) < 4.78 is 29.4. The molecule has 0 aliphatic carbocycles. The number of carbonyl (C=O) groups is 1. The quantitative estimate of drug-likeness (QED) is 0.747. The minimum Gasteiger partial charge on any atom is -0.464 e. The van der Waals surface area contributed by atoms with Crippen LogP contribution in [-0.2, 0) is 17.1 Å². The number of alkyl halides is 2. The maximum absolute atomic E-state index is 12.0. The van der Waals surface area contributed by atoms with E-state index in [4.69, 9.17) is 4.42 Å². The van der Waals surface area contributed by atoms with Crippen molar-refractivity contribution in [2.45, 2.75) is 24.5 Å². The summed E-state index contributed by atoms with van der Waals surface area (Å²) in [5.74, 6) is -0.949. The zero-order valence-corrected chi connectivity index (χ0v) is 11.8. The summed E-state index contributed by atoms with van der Waals surface area (Å²) in [6, 6.07) is 3.44. The smallest absolute Gasteiger partial charge is 0.284 e. The molecule has 1 aromatic rings. The van der Waals surface area contributed by atoms with Crippen molar-refractivity contribution in [2.75, 3.05) is 20.6 Å². The van der Waals surface area contributed by atoms with Gasteiger partial charge in [0.25, 0.3) is 5.76 Å². The molecule has 0 saturated heterocycles. The standard InChI is InChI=1S/C12H18F2N2O2S/c1-16(2)11(17)5-6-15-7-9-3-4-10(18-9)8-19-12(13)14/h3-4,12,15H,5-8H2,1-2H3. The van der Waals surface area contributed by atoms with Gasteiger partial charge in [-0.15, -0.1) is 0 Å². The zero-order chi connectivity index (χ0) is 14.3. The minimum absolute atomic E-state index is 0.0565. The SMILES string of the molecule is CN(C)C(=O)CCNCc1ccc(CSC(F)F)o1. The van der Waals surface area contributed by atoms with E-state index in [-0.39, 0.29) is 11.7 Å². The molecular weight excluding hydrogens is 274 g/mol. The van der Waals surface area contributed by atoms with Crippen LogP contribution in [0.5, 0.6) is 0 Å². The van der Waals surface area contributed by atoms with Crippen molar-refractivity contribution in [2.24, 2.45) is 0 Å². The topological polar surface area (TPSA) is 45.5 Å². The molecule has 7 heteroatoms. The first-order valence-electron chi connectivity index (χ1n) is 5.87. The van der Waals surface area contributed by atoms with Crippen molar-refractivity contribution >= 4 is 17.7 Å². The number of halogens is 2. The number of hydrogen-bond donors (Lipinski definition) is 1. The van der Waals surface area contributed by atoms with Gasteiger partial charge in [-0.2, -0.15) is 8.78 Å². The molecule has 108 valence electrons. The summed E-state index contributed by atoms with van der Waals surface area (Å²) in [6.45, 7) is 1.04. The highest BCUT2D eigenvalue weighted by Crippen LogP contribution is 2.21. The number of furan rings is 1. The average Bonchev–Trinajstić information content (AvgIpc) is 2.79. The molecule has 0 spiro atoms. The van der Waals surface area contributed by atoms with E-state index in [1.165, 1.54) is 4.90 Å². The van der Waals surface area contributed by atoms with Gasteiger partial charge in [0.05, 0.1) is 12.3 Å². The van der Waals surface area contributed by atoms with Crippen LogP contribution in [-0.4, -0.2) is 37.2 Å². The van der Waals surface area contributed by atoms with Crippen LogP contribution in [0, 0.1) is 0 Å². The summed E-state index contributed by atoms with van der Waals surface area (Å²) in [6.07, 6.45) is 0.418. The van der Waals surface area contributed by atoms with Crippen molar-refractivity contribution in [1.29, 1.82) is 0 Å². The molecule has 0 aliphatic heterocycles. The van der Waals surface area contributed by atoms with Crippen LogP contribution in [0.15, 0.2) is 16.5 Å². The van der Waals surface area contributed by atoms with Crippen molar-refractivity contribution in [1.82, 2.24) is 10.2 Å². The van der Waals surface area contributed by atoms with Crippen molar-refractivity contribution in [3.8, 4) is 0 Å². The third-order valence-electron chi connectivity index (χ3n) is 2.38. The minimum atomic E-state index is -2.39. The maximum Gasteiger partial charge on any atom is 0.284 e.